The molecule has 7 nitrogen and oxygen atoms in total. The first-order valence-corrected chi connectivity index (χ1v) is 8.59. The first-order chi connectivity index (χ1) is 12.8. The van der Waals surface area contributed by atoms with Crippen molar-refractivity contribution in [2.75, 3.05) is 18.5 Å². The Kier molecular flexibility index (Phi) is 6.12. The SMILES string of the molecule is N#CCc1ccccc1CC(=O)N[C@H]1CCOC[C@H]1Nc1ccncn1. The van der Waals surface area contributed by atoms with Crippen molar-refractivity contribution in [3.05, 3.63) is 54.0 Å². The maximum absolute atomic E-state index is 12.5. The summed E-state index contributed by atoms with van der Waals surface area (Å²) in [5.74, 6) is 0.644. The van der Waals surface area contributed by atoms with Gasteiger partial charge >= 0.3 is 0 Å². The van der Waals surface area contributed by atoms with Gasteiger partial charge in [-0.2, -0.15) is 5.26 Å². The molecule has 0 unspecified atom stereocenters. The highest BCUT2D eigenvalue weighted by Crippen LogP contribution is 2.14. The van der Waals surface area contributed by atoms with Crippen molar-refractivity contribution in [3.8, 4) is 6.07 Å². The summed E-state index contributed by atoms with van der Waals surface area (Å²) in [6.07, 6.45) is 4.44. The number of rotatable bonds is 6. The predicted molar refractivity (Wildman–Crippen MR) is 96.3 cm³/mol. The molecule has 0 aliphatic carbocycles. The summed E-state index contributed by atoms with van der Waals surface area (Å²) in [5, 5.41) is 15.3. The van der Waals surface area contributed by atoms with Gasteiger partial charge in [-0.15, -0.1) is 0 Å². The van der Waals surface area contributed by atoms with Crippen molar-refractivity contribution in [2.24, 2.45) is 0 Å². The highest BCUT2D eigenvalue weighted by atomic mass is 16.5. The summed E-state index contributed by atoms with van der Waals surface area (Å²) in [5.41, 5.74) is 1.78. The van der Waals surface area contributed by atoms with Gasteiger partial charge in [-0.05, 0) is 23.6 Å². The Bertz CT molecular complexity index is 775. The second-order valence-electron chi connectivity index (χ2n) is 6.16. The van der Waals surface area contributed by atoms with Gasteiger partial charge in [0, 0.05) is 12.8 Å². The fourth-order valence-electron chi connectivity index (χ4n) is 3.04. The van der Waals surface area contributed by atoms with Crippen molar-refractivity contribution < 1.29 is 9.53 Å². The van der Waals surface area contributed by atoms with E-state index in [9.17, 15) is 4.79 Å². The molecule has 0 saturated carbocycles. The lowest BCUT2D eigenvalue weighted by molar-refractivity contribution is -0.121. The zero-order valence-electron chi connectivity index (χ0n) is 14.4. The summed E-state index contributed by atoms with van der Waals surface area (Å²) in [7, 11) is 0. The molecule has 0 spiro atoms. The number of carbonyl (C=O) groups is 1. The molecule has 0 bridgehead atoms. The van der Waals surface area contributed by atoms with Crippen molar-refractivity contribution in [2.45, 2.75) is 31.3 Å². The third-order valence-electron chi connectivity index (χ3n) is 4.36. The number of benzene rings is 1. The van der Waals surface area contributed by atoms with E-state index in [1.807, 2.05) is 24.3 Å². The lowest BCUT2D eigenvalue weighted by Crippen LogP contribution is -2.52. The lowest BCUT2D eigenvalue weighted by atomic mass is 10.00. The number of nitriles is 1. The fraction of sp³-hybridized carbons (Fsp3) is 0.368. The highest BCUT2D eigenvalue weighted by molar-refractivity contribution is 5.79. The average molecular weight is 351 g/mol. The average Bonchev–Trinajstić information content (AvgIpc) is 2.66. The van der Waals surface area contributed by atoms with Crippen LogP contribution in [0, 0.1) is 11.3 Å². The number of nitrogens with one attached hydrogen (secondary N) is 2. The summed E-state index contributed by atoms with van der Waals surface area (Å²) in [6.45, 7) is 1.11. The Morgan fingerprint density at radius 1 is 1.27 bits per heavy atom. The Morgan fingerprint density at radius 2 is 2.12 bits per heavy atom. The first-order valence-electron chi connectivity index (χ1n) is 8.59. The van der Waals surface area contributed by atoms with Crippen LogP contribution < -0.4 is 10.6 Å². The topological polar surface area (TPSA) is 99.9 Å². The van der Waals surface area contributed by atoms with E-state index in [-0.39, 0.29) is 24.4 Å². The molecule has 134 valence electrons. The molecule has 0 radical (unpaired) electrons. The molecule has 1 aliphatic heterocycles. The van der Waals surface area contributed by atoms with Crippen LogP contribution in [-0.4, -0.2) is 41.2 Å². The molecule has 1 aromatic carbocycles. The second-order valence-corrected chi connectivity index (χ2v) is 6.16. The van der Waals surface area contributed by atoms with Gasteiger partial charge in [0.25, 0.3) is 0 Å². The number of amides is 1. The number of anilines is 1. The molecule has 2 aromatic rings. The van der Waals surface area contributed by atoms with Crippen molar-refractivity contribution in [1.82, 2.24) is 15.3 Å². The number of carbonyl (C=O) groups excluding carboxylic acids is 1. The highest BCUT2D eigenvalue weighted by Gasteiger charge is 2.27. The van der Waals surface area contributed by atoms with Gasteiger partial charge in [-0.25, -0.2) is 9.97 Å². The van der Waals surface area contributed by atoms with Crippen molar-refractivity contribution >= 4 is 11.7 Å². The number of ether oxygens (including phenoxy) is 1. The van der Waals surface area contributed by atoms with Crippen LogP contribution in [-0.2, 0) is 22.4 Å². The van der Waals surface area contributed by atoms with Gasteiger partial charge in [0.1, 0.15) is 12.1 Å². The zero-order valence-corrected chi connectivity index (χ0v) is 14.4. The van der Waals surface area contributed by atoms with Crippen LogP contribution >= 0.6 is 0 Å². The molecule has 3 rings (SSSR count). The number of hydrogen-bond acceptors (Lipinski definition) is 6. The lowest BCUT2D eigenvalue weighted by Gasteiger charge is -2.33. The van der Waals surface area contributed by atoms with Gasteiger partial charge in [0.2, 0.25) is 5.91 Å². The van der Waals surface area contributed by atoms with E-state index in [0.29, 0.717) is 25.5 Å². The Balaban J connectivity index is 1.62. The van der Waals surface area contributed by atoms with E-state index in [1.54, 1.807) is 12.3 Å². The molecule has 1 amide bonds. The molecule has 1 aliphatic rings. The first kappa shape index (κ1) is 17.8. The van der Waals surface area contributed by atoms with E-state index in [2.05, 4.69) is 26.7 Å². The van der Waals surface area contributed by atoms with E-state index in [0.717, 1.165) is 17.5 Å². The maximum Gasteiger partial charge on any atom is 0.224 e. The van der Waals surface area contributed by atoms with Crippen LogP contribution in [0.15, 0.2) is 42.9 Å². The molecule has 2 N–H and O–H groups in total. The number of aromatic nitrogens is 2. The van der Waals surface area contributed by atoms with Crippen molar-refractivity contribution in [3.63, 3.8) is 0 Å². The van der Waals surface area contributed by atoms with Crippen LogP contribution in [0.3, 0.4) is 0 Å². The third kappa shape index (κ3) is 4.77. The maximum atomic E-state index is 12.5. The molecule has 26 heavy (non-hydrogen) atoms. The van der Waals surface area contributed by atoms with Gasteiger partial charge in [-0.3, -0.25) is 4.79 Å². The van der Waals surface area contributed by atoms with Crippen LogP contribution in [0.4, 0.5) is 5.82 Å². The molecule has 7 heteroatoms. The summed E-state index contributed by atoms with van der Waals surface area (Å²) in [4.78, 5) is 20.6. The minimum Gasteiger partial charge on any atom is -0.379 e. The summed E-state index contributed by atoms with van der Waals surface area (Å²) < 4.78 is 5.54. The van der Waals surface area contributed by atoms with E-state index >= 15 is 0 Å². The van der Waals surface area contributed by atoms with Crippen LogP contribution in [0.1, 0.15) is 17.5 Å². The van der Waals surface area contributed by atoms with Crippen molar-refractivity contribution in [1.29, 1.82) is 5.26 Å². The Hall–Kier alpha value is -2.98. The number of hydrogen-bond donors (Lipinski definition) is 2. The van der Waals surface area contributed by atoms with Crippen LogP contribution in [0.2, 0.25) is 0 Å². The molecule has 1 aromatic heterocycles. The quantitative estimate of drug-likeness (QED) is 0.817. The van der Waals surface area contributed by atoms with E-state index < -0.39 is 0 Å². The van der Waals surface area contributed by atoms with E-state index in [4.69, 9.17) is 10.00 Å². The summed E-state index contributed by atoms with van der Waals surface area (Å²) in [6, 6.07) is 11.4. The predicted octanol–water partition coefficient (Wildman–Crippen LogP) is 1.47. The largest absolute Gasteiger partial charge is 0.379 e. The molecule has 1 fully saturated rings. The van der Waals surface area contributed by atoms with Crippen LogP contribution in [0.25, 0.3) is 0 Å². The molecular formula is C19H21N5O2. The molecule has 1 saturated heterocycles. The number of nitrogens with zero attached hydrogens (tertiary/aromatic N) is 3. The zero-order chi connectivity index (χ0) is 18.2. The monoisotopic (exact) mass is 351 g/mol. The standard InChI is InChI=1S/C19H21N5O2/c20-8-5-14-3-1-2-4-15(14)11-19(25)24-16-7-10-26-12-17(16)23-18-6-9-21-13-22-18/h1-4,6,9,13,16-17H,5,7,10-12H2,(H,24,25)(H,21,22,23)/t16-,17+/m0/s1. The van der Waals surface area contributed by atoms with Gasteiger partial charge < -0.3 is 15.4 Å². The molecule has 2 atom stereocenters. The normalized spacial score (nSPS) is 19.3. The van der Waals surface area contributed by atoms with Crippen LogP contribution in [0.5, 0.6) is 0 Å². The fourth-order valence-corrected chi connectivity index (χ4v) is 3.04. The Morgan fingerprint density at radius 3 is 2.88 bits per heavy atom. The minimum atomic E-state index is -0.0585. The smallest absolute Gasteiger partial charge is 0.224 e. The second kappa shape index (κ2) is 8.92. The van der Waals surface area contributed by atoms with Gasteiger partial charge in [0.05, 0.1) is 37.6 Å². The molecule has 2 heterocycles. The minimum absolute atomic E-state index is 0.0469. The van der Waals surface area contributed by atoms with Gasteiger partial charge in [0.15, 0.2) is 0 Å². The van der Waals surface area contributed by atoms with E-state index in [1.165, 1.54) is 6.33 Å². The summed E-state index contributed by atoms with van der Waals surface area (Å²) >= 11 is 0. The Labute approximate surface area is 152 Å². The van der Waals surface area contributed by atoms with Gasteiger partial charge in [-0.1, -0.05) is 24.3 Å². The molecular weight excluding hydrogens is 330 g/mol. The third-order valence-corrected chi connectivity index (χ3v) is 4.36.